The summed E-state index contributed by atoms with van der Waals surface area (Å²) in [4.78, 5) is 4.17. The fourth-order valence-electron chi connectivity index (χ4n) is 2.67. The third-order valence-electron chi connectivity index (χ3n) is 4.14. The van der Waals surface area contributed by atoms with Crippen molar-refractivity contribution in [2.45, 2.75) is 19.6 Å². The van der Waals surface area contributed by atoms with Crippen LogP contribution < -0.4 is 10.5 Å². The Morgan fingerprint density at radius 1 is 1.15 bits per heavy atom. The van der Waals surface area contributed by atoms with Crippen molar-refractivity contribution in [2.75, 3.05) is 5.73 Å². The van der Waals surface area contributed by atoms with Crippen LogP contribution >= 0.6 is 23.2 Å². The second-order valence-corrected chi connectivity index (χ2v) is 6.76. The molecule has 0 spiro atoms. The summed E-state index contributed by atoms with van der Waals surface area (Å²) >= 11 is 12.2. The van der Waals surface area contributed by atoms with E-state index in [-0.39, 0.29) is 17.4 Å². The number of aromatic nitrogens is 1. The summed E-state index contributed by atoms with van der Waals surface area (Å²) in [6, 6.07) is 11.8. The third-order valence-corrected chi connectivity index (χ3v) is 4.86. The van der Waals surface area contributed by atoms with Crippen LogP contribution in [-0.4, -0.2) is 10.1 Å². The van der Waals surface area contributed by atoms with Gasteiger partial charge in [0.05, 0.1) is 11.6 Å². The summed E-state index contributed by atoms with van der Waals surface area (Å²) in [6.07, 6.45) is 0.986. The molecule has 0 saturated heterocycles. The molecule has 27 heavy (non-hydrogen) atoms. The van der Waals surface area contributed by atoms with Crippen LogP contribution in [0.3, 0.4) is 0 Å². The number of nitrogen functional groups attached to an aromatic ring is 1. The zero-order chi connectivity index (χ0) is 19.6. The molecule has 3 aromatic rings. The zero-order valence-corrected chi connectivity index (χ0v) is 15.9. The number of nitrogens with two attached hydrogens (primary N) is 1. The van der Waals surface area contributed by atoms with E-state index in [4.69, 9.17) is 38.8 Å². The highest BCUT2D eigenvalue weighted by molar-refractivity contribution is 6.36. The summed E-state index contributed by atoms with van der Waals surface area (Å²) < 4.78 is 19.7. The summed E-state index contributed by atoms with van der Waals surface area (Å²) in [5.74, 6) is -0.0424. The smallest absolute Gasteiger partial charge is 0.166 e. The predicted molar refractivity (Wildman–Crippen MR) is 105 cm³/mol. The van der Waals surface area contributed by atoms with Gasteiger partial charge < -0.3 is 15.6 Å². The van der Waals surface area contributed by atoms with Crippen LogP contribution in [-0.2, 0) is 6.61 Å². The highest BCUT2D eigenvalue weighted by Gasteiger charge is 2.20. The van der Waals surface area contributed by atoms with E-state index in [0.29, 0.717) is 16.3 Å². The Hall–Kier alpha value is -2.34. The molecular weight excluding hydrogens is 390 g/mol. The molecule has 0 saturated carbocycles. The predicted octanol–water partition coefficient (Wildman–Crippen LogP) is 5.41. The van der Waals surface area contributed by atoms with Gasteiger partial charge in [0, 0.05) is 22.3 Å². The summed E-state index contributed by atoms with van der Waals surface area (Å²) in [5.41, 5.74) is 8.76. The van der Waals surface area contributed by atoms with E-state index in [1.54, 1.807) is 19.2 Å². The second-order valence-electron chi connectivity index (χ2n) is 5.98. The lowest BCUT2D eigenvalue weighted by Gasteiger charge is -2.19. The average Bonchev–Trinajstić information content (AvgIpc) is 2.67. The van der Waals surface area contributed by atoms with E-state index in [0.717, 1.165) is 16.7 Å². The van der Waals surface area contributed by atoms with E-state index in [9.17, 15) is 4.39 Å². The number of nitrogens with zero attached hydrogens (tertiary/aromatic N) is 1. The highest BCUT2D eigenvalue weighted by Crippen LogP contribution is 2.36. The number of hydrogen-bond acceptors (Lipinski definition) is 4. The molecular formula is C20H17Cl2FN2O2. The molecule has 1 aromatic heterocycles. The van der Waals surface area contributed by atoms with Crippen molar-refractivity contribution < 1.29 is 14.2 Å². The van der Waals surface area contributed by atoms with Gasteiger partial charge in [-0.3, -0.25) is 0 Å². The van der Waals surface area contributed by atoms with Crippen LogP contribution in [0.25, 0.3) is 11.1 Å². The standard InChI is InChI=1S/C20H17Cl2FN2O2/c1-11(18-15(21)6-7-16(23)19(18)22)27-17-8-14(9-25-20(17)24)13-4-2-12(10-26)3-5-13/h2-9,11,26H,10H2,1H3,(H2,24,25). The number of aliphatic hydroxyl groups excluding tert-OH is 1. The number of rotatable bonds is 5. The molecule has 0 amide bonds. The number of halogens is 3. The maximum Gasteiger partial charge on any atom is 0.166 e. The SMILES string of the molecule is CC(Oc1cc(-c2ccc(CO)cc2)cnc1N)c1c(Cl)ccc(F)c1Cl. The lowest BCUT2D eigenvalue weighted by atomic mass is 10.1. The van der Waals surface area contributed by atoms with Crippen molar-refractivity contribution in [2.24, 2.45) is 0 Å². The van der Waals surface area contributed by atoms with Crippen molar-refractivity contribution in [3.8, 4) is 16.9 Å². The molecule has 2 aromatic carbocycles. The zero-order valence-electron chi connectivity index (χ0n) is 14.4. The van der Waals surface area contributed by atoms with Gasteiger partial charge in [-0.2, -0.15) is 0 Å². The van der Waals surface area contributed by atoms with Crippen molar-refractivity contribution in [1.29, 1.82) is 0 Å². The van der Waals surface area contributed by atoms with E-state index in [1.807, 2.05) is 24.3 Å². The molecule has 1 unspecified atom stereocenters. The van der Waals surface area contributed by atoms with E-state index >= 15 is 0 Å². The monoisotopic (exact) mass is 406 g/mol. The Bertz CT molecular complexity index is 965. The Morgan fingerprint density at radius 2 is 1.85 bits per heavy atom. The fraction of sp³-hybridized carbons (Fsp3) is 0.150. The first-order chi connectivity index (χ1) is 12.9. The maximum absolute atomic E-state index is 13.8. The van der Waals surface area contributed by atoms with Crippen LogP contribution in [0.5, 0.6) is 5.75 Å². The Labute approximate surface area is 166 Å². The van der Waals surface area contributed by atoms with Crippen LogP contribution in [0.1, 0.15) is 24.2 Å². The quantitative estimate of drug-likeness (QED) is 0.555. The summed E-state index contributed by atoms with van der Waals surface area (Å²) in [7, 11) is 0. The minimum atomic E-state index is -0.642. The molecule has 0 aliphatic heterocycles. The second kappa shape index (κ2) is 8.13. The Morgan fingerprint density at radius 3 is 2.52 bits per heavy atom. The van der Waals surface area contributed by atoms with Crippen molar-refractivity contribution in [3.05, 3.63) is 75.7 Å². The first kappa shape index (κ1) is 19.4. The molecule has 0 aliphatic carbocycles. The molecule has 0 fully saturated rings. The first-order valence-corrected chi connectivity index (χ1v) is 8.92. The minimum Gasteiger partial charge on any atom is -0.482 e. The molecule has 1 atom stereocenters. The molecule has 0 bridgehead atoms. The maximum atomic E-state index is 13.8. The summed E-state index contributed by atoms with van der Waals surface area (Å²) in [5, 5.41) is 9.37. The Kier molecular flexibility index (Phi) is 5.85. The van der Waals surface area contributed by atoms with Gasteiger partial charge in [0.25, 0.3) is 0 Å². The molecule has 1 heterocycles. The first-order valence-electron chi connectivity index (χ1n) is 8.16. The van der Waals surface area contributed by atoms with Gasteiger partial charge >= 0.3 is 0 Å². The average molecular weight is 407 g/mol. The van der Waals surface area contributed by atoms with E-state index < -0.39 is 11.9 Å². The van der Waals surface area contributed by atoms with Crippen LogP contribution in [0.15, 0.2) is 48.7 Å². The van der Waals surface area contributed by atoms with Gasteiger partial charge in [-0.25, -0.2) is 9.37 Å². The van der Waals surface area contributed by atoms with E-state index in [1.165, 1.54) is 12.1 Å². The van der Waals surface area contributed by atoms with Gasteiger partial charge in [-0.05, 0) is 36.2 Å². The van der Waals surface area contributed by atoms with Gasteiger partial charge in [0.2, 0.25) is 0 Å². The number of pyridine rings is 1. The third kappa shape index (κ3) is 4.16. The normalized spacial score (nSPS) is 12.0. The lowest BCUT2D eigenvalue weighted by Crippen LogP contribution is -2.08. The van der Waals surface area contributed by atoms with Crippen molar-refractivity contribution in [3.63, 3.8) is 0 Å². The van der Waals surface area contributed by atoms with Gasteiger partial charge in [0.15, 0.2) is 11.6 Å². The van der Waals surface area contributed by atoms with Crippen LogP contribution in [0, 0.1) is 5.82 Å². The largest absolute Gasteiger partial charge is 0.482 e. The van der Waals surface area contributed by atoms with Crippen molar-refractivity contribution in [1.82, 2.24) is 4.98 Å². The molecule has 3 rings (SSSR count). The van der Waals surface area contributed by atoms with Crippen LogP contribution in [0.4, 0.5) is 10.2 Å². The van der Waals surface area contributed by atoms with E-state index in [2.05, 4.69) is 4.98 Å². The topological polar surface area (TPSA) is 68.4 Å². The molecule has 0 aliphatic rings. The molecule has 4 nitrogen and oxygen atoms in total. The van der Waals surface area contributed by atoms with Gasteiger partial charge in [-0.15, -0.1) is 0 Å². The highest BCUT2D eigenvalue weighted by atomic mass is 35.5. The number of anilines is 1. The number of benzene rings is 2. The van der Waals surface area contributed by atoms with Crippen molar-refractivity contribution >= 4 is 29.0 Å². The number of ether oxygens (including phenoxy) is 1. The lowest BCUT2D eigenvalue weighted by molar-refractivity contribution is 0.227. The minimum absolute atomic E-state index is 0.0265. The molecule has 140 valence electrons. The number of hydrogen-bond donors (Lipinski definition) is 2. The molecule has 0 radical (unpaired) electrons. The van der Waals surface area contributed by atoms with Gasteiger partial charge in [0.1, 0.15) is 11.9 Å². The van der Waals surface area contributed by atoms with Crippen LogP contribution in [0.2, 0.25) is 10.0 Å². The summed E-state index contributed by atoms with van der Waals surface area (Å²) in [6.45, 7) is 1.68. The molecule has 7 heteroatoms. The fourth-order valence-corrected chi connectivity index (χ4v) is 3.35. The number of aliphatic hydroxyl groups is 1. The molecule has 3 N–H and O–H groups in total. The Balaban J connectivity index is 1.92. The van der Waals surface area contributed by atoms with Gasteiger partial charge in [-0.1, -0.05) is 47.5 Å².